The van der Waals surface area contributed by atoms with Gasteiger partial charge < -0.3 is 133 Å². The number of hydrogen-bond donors (Lipinski definition) is 24. The molecule has 1 aliphatic rings. The maximum absolute atomic E-state index is 15.0. The molecule has 2 aromatic carbocycles. The van der Waals surface area contributed by atoms with E-state index in [1.807, 2.05) is 16.0 Å². The predicted molar refractivity (Wildman–Crippen MR) is 435 cm³/mol. The third kappa shape index (κ3) is 36.2. The van der Waals surface area contributed by atoms with E-state index in [-0.39, 0.29) is 43.5 Å². The molecule has 3 aromatic rings. The number of primary amides is 1. The Morgan fingerprint density at radius 1 is 0.548 bits per heavy atom. The first-order chi connectivity index (χ1) is 58.7. The summed E-state index contributed by atoms with van der Waals surface area (Å²) in [5.74, 6) is -30.9. The number of nitrogen functional groups attached to an aromatic ring is 1. The van der Waals surface area contributed by atoms with E-state index in [0.717, 1.165) is 52.9 Å². The molecule has 682 valence electrons. The van der Waals surface area contributed by atoms with Gasteiger partial charge in [0, 0.05) is 54.2 Å². The number of esters is 1. The lowest BCUT2D eigenvalue weighted by Crippen LogP contribution is -2.62. The van der Waals surface area contributed by atoms with Crippen molar-refractivity contribution in [1.29, 1.82) is 0 Å². The van der Waals surface area contributed by atoms with Gasteiger partial charge in [-0.3, -0.25) is 95.9 Å². The molecule has 15 amide bonds. The number of ether oxygens (including phenoxy) is 1. The van der Waals surface area contributed by atoms with E-state index in [2.05, 4.69) is 70.4 Å². The molecule has 0 aliphatic carbocycles. The van der Waals surface area contributed by atoms with Crippen LogP contribution in [0, 0.1) is 5.92 Å². The Morgan fingerprint density at radius 2 is 1.10 bits per heavy atom. The minimum atomic E-state index is -2.50. The maximum atomic E-state index is 15.0. The van der Waals surface area contributed by atoms with Crippen LogP contribution < -0.4 is 97.4 Å². The molecular formula is C78H113N19O27. The van der Waals surface area contributed by atoms with Gasteiger partial charge in [0.05, 0.1) is 57.8 Å². The van der Waals surface area contributed by atoms with Crippen molar-refractivity contribution in [3.05, 3.63) is 65.9 Å². The standard InChI is InChI=1S/C78H113N19O27/c1-5-6-7-8-9-10-11-25-58(101)89-49(29-42-35-84-47-23-15-13-19-43(42)47)72(117)92-50(31-57(82)100)73(118)94-53(34-64(110)111)74(119)97-66-41(4)124-78(123)54(30-56(99)44-20-12-14-21-45(44)80)95-77(122)65(39(2)28-61(104)105)96-75(120)55(38-98)90-60(103)36-85-69(114)51(32-62(106)107)91-67(112)40(3)87-71(116)52(33-63(108)109)93-70(115)48(88-59(102)37-86-76(66)121)24-18-27-83-68(113)46(81)22-16-17-26-79/h12-15,19-21,23,35,39-41,46,48-55,65-66,84,98H,5-11,16-18,22,24-34,36-38,79-81H2,1-4H3,(H2,82,100)(H,83,113)(H,85,114)(H,86,121)(H,87,116)(H,88,102)(H,89,101)(H,90,103)(H,91,112)(H,92,117)(H,93,115)(H,94,118)(H,95,122)(H,96,120)(H,97,119)(H,104,105)(H,106,107)(H,108,109)(H,110,111)/t39-,40-,41?,46+,48+,49+,50+,51+,52?,53+,54+,55-,65?,66?/m1/s1. The van der Waals surface area contributed by atoms with Crippen molar-refractivity contribution in [2.45, 2.75) is 235 Å². The monoisotopic (exact) mass is 1750 g/mol. The highest BCUT2D eigenvalue weighted by Gasteiger charge is 2.41. The van der Waals surface area contributed by atoms with Crippen LogP contribution in [0.15, 0.2) is 54.7 Å². The third-order valence-corrected chi connectivity index (χ3v) is 19.4. The largest absolute Gasteiger partial charge is 0.481 e. The summed E-state index contributed by atoms with van der Waals surface area (Å²) in [6.45, 7) is 1.16. The number of hydrogen-bond acceptors (Lipinski definition) is 26. The van der Waals surface area contributed by atoms with Crippen molar-refractivity contribution in [2.24, 2.45) is 23.1 Å². The average Bonchev–Trinajstić information content (AvgIpc) is 1.72. The second kappa shape index (κ2) is 52.8. The number of anilines is 1. The lowest BCUT2D eigenvalue weighted by Gasteiger charge is -2.30. The topological polar surface area (TPSA) is 757 Å². The Hall–Kier alpha value is -13.3. The number of unbranched alkanes of at least 4 members (excludes halogenated alkanes) is 7. The van der Waals surface area contributed by atoms with Gasteiger partial charge in [0.25, 0.3) is 0 Å². The lowest BCUT2D eigenvalue weighted by molar-refractivity contribution is -0.156. The molecule has 0 saturated carbocycles. The number of fused-ring (bicyclic) bond motifs is 1. The second-order valence-electron chi connectivity index (χ2n) is 29.6. The molecule has 0 bridgehead atoms. The van der Waals surface area contributed by atoms with Crippen LogP contribution in [0.25, 0.3) is 10.9 Å². The van der Waals surface area contributed by atoms with Crippen molar-refractivity contribution in [1.82, 2.24) is 79.4 Å². The lowest BCUT2D eigenvalue weighted by atomic mass is 9.96. The normalized spacial score (nSPS) is 20.7. The first kappa shape index (κ1) is 103. The number of carbonyl (C=O) groups is 21. The Bertz CT molecular complexity index is 4310. The van der Waals surface area contributed by atoms with Crippen LogP contribution >= 0.6 is 0 Å². The number of ketones is 1. The minimum Gasteiger partial charge on any atom is -0.481 e. The number of benzene rings is 2. The molecule has 4 unspecified atom stereocenters. The van der Waals surface area contributed by atoms with E-state index >= 15 is 0 Å². The van der Waals surface area contributed by atoms with Gasteiger partial charge in [-0.05, 0) is 82.2 Å². The van der Waals surface area contributed by atoms with Gasteiger partial charge in [-0.1, -0.05) is 89.1 Å². The first-order valence-electron chi connectivity index (χ1n) is 40.2. The van der Waals surface area contributed by atoms with E-state index < -0.39 is 273 Å². The van der Waals surface area contributed by atoms with E-state index in [4.69, 9.17) is 27.7 Å². The van der Waals surface area contributed by atoms with E-state index in [9.17, 15) is 126 Å². The molecule has 4 rings (SSSR count). The molecule has 14 atom stereocenters. The number of cyclic esters (lactones) is 1. The highest BCUT2D eigenvalue weighted by Crippen LogP contribution is 2.22. The van der Waals surface area contributed by atoms with Crippen LogP contribution in [-0.4, -0.2) is 266 Å². The predicted octanol–water partition coefficient (Wildman–Crippen LogP) is -6.01. The number of para-hydroxylation sites is 2. The van der Waals surface area contributed by atoms with Gasteiger partial charge >= 0.3 is 29.8 Å². The fourth-order valence-corrected chi connectivity index (χ4v) is 12.7. The molecular weight excluding hydrogens is 1630 g/mol. The fourth-order valence-electron chi connectivity index (χ4n) is 12.7. The molecule has 46 heteroatoms. The number of aliphatic hydroxyl groups is 1. The Labute approximate surface area is 710 Å². The summed E-state index contributed by atoms with van der Waals surface area (Å²) in [5.41, 5.74) is 24.0. The Kier molecular flexibility index (Phi) is 43.9. The maximum Gasteiger partial charge on any atom is 0.329 e. The number of aliphatic carboxylic acids is 4. The quantitative estimate of drug-likeness (QED) is 0.0109. The highest BCUT2D eigenvalue weighted by molar-refractivity contribution is 6.05. The third-order valence-electron chi connectivity index (χ3n) is 19.4. The number of nitrogens with two attached hydrogens (primary N) is 4. The molecule has 2 heterocycles. The number of carboxylic acids is 4. The summed E-state index contributed by atoms with van der Waals surface area (Å²) < 4.78 is 5.72. The number of nitrogens with one attached hydrogen (secondary N) is 15. The SMILES string of the molecule is CCCCCCCCCC(=O)N[C@@H](Cc1c[nH]c2ccccc12)C(=O)N[C@@H](CC(N)=O)C(=O)N[C@@H](CC(=O)O)C(=O)NC1C(=O)NCC(=O)N[C@@H](CCCNC(=O)[C@@H](N)CCCCN)C(=O)NC(CC(=O)O)C(=O)N[C@H](C)C(=O)N[C@@H](CC(=O)O)C(=O)NCC(=O)N[C@H](CO)C(=O)NC([C@H](C)CC(=O)O)C(=O)N[C@@H](CC(=O)c2ccccc2N)C(=O)OC1C. The van der Waals surface area contributed by atoms with Crippen molar-refractivity contribution in [3.63, 3.8) is 0 Å². The smallest absolute Gasteiger partial charge is 0.329 e. The van der Waals surface area contributed by atoms with E-state index in [1.54, 1.807) is 30.5 Å². The van der Waals surface area contributed by atoms with Crippen LogP contribution in [0.2, 0.25) is 0 Å². The molecule has 0 spiro atoms. The number of rotatable bonds is 41. The summed E-state index contributed by atoms with van der Waals surface area (Å²) >= 11 is 0. The van der Waals surface area contributed by atoms with Crippen LogP contribution in [0.1, 0.15) is 166 Å². The van der Waals surface area contributed by atoms with Crippen LogP contribution in [0.3, 0.4) is 0 Å². The summed E-state index contributed by atoms with van der Waals surface area (Å²) in [6, 6.07) is -12.1. The summed E-state index contributed by atoms with van der Waals surface area (Å²) in [5, 5.41) is 81.6. The average molecular weight is 1750 g/mol. The first-order valence-corrected chi connectivity index (χ1v) is 40.2. The van der Waals surface area contributed by atoms with Crippen molar-refractivity contribution < 1.29 is 131 Å². The number of Topliss-reactive ketones (excluding diaryl/α,β-unsaturated/α-hetero) is 1. The van der Waals surface area contributed by atoms with Crippen molar-refractivity contribution >= 4 is 141 Å². The highest BCUT2D eigenvalue weighted by atomic mass is 16.5. The molecule has 124 heavy (non-hydrogen) atoms. The minimum absolute atomic E-state index is 0.0311. The number of aromatic amines is 1. The van der Waals surface area contributed by atoms with E-state index in [1.165, 1.54) is 24.3 Å². The summed E-state index contributed by atoms with van der Waals surface area (Å²) in [7, 11) is 0. The molecule has 1 fully saturated rings. The van der Waals surface area contributed by atoms with Crippen molar-refractivity contribution in [2.75, 3.05) is 38.5 Å². The van der Waals surface area contributed by atoms with Gasteiger partial charge in [0.15, 0.2) is 5.78 Å². The van der Waals surface area contributed by atoms with Gasteiger partial charge in [0.1, 0.15) is 72.6 Å². The number of H-pyrrole nitrogens is 1. The number of aromatic nitrogens is 1. The van der Waals surface area contributed by atoms with Gasteiger partial charge in [0.2, 0.25) is 88.6 Å². The molecule has 1 aliphatic heterocycles. The van der Waals surface area contributed by atoms with Crippen molar-refractivity contribution in [3.8, 4) is 0 Å². The molecule has 46 nitrogen and oxygen atoms in total. The molecule has 28 N–H and O–H groups in total. The van der Waals surface area contributed by atoms with Gasteiger partial charge in [-0.15, -0.1) is 0 Å². The van der Waals surface area contributed by atoms with Crippen LogP contribution in [-0.2, 0) is 107 Å². The van der Waals surface area contributed by atoms with E-state index in [0.29, 0.717) is 48.7 Å². The molecule has 0 radical (unpaired) electrons. The zero-order chi connectivity index (χ0) is 92.4. The van der Waals surface area contributed by atoms with Gasteiger partial charge in [-0.2, -0.15) is 0 Å². The Balaban J connectivity index is 1.92. The number of carbonyl (C=O) groups excluding carboxylic acids is 17. The Morgan fingerprint density at radius 3 is 1.72 bits per heavy atom. The number of amides is 15. The fraction of sp³-hybridized carbons (Fsp3) is 0.551. The van der Waals surface area contributed by atoms with Crippen LogP contribution in [0.5, 0.6) is 0 Å². The summed E-state index contributed by atoms with van der Waals surface area (Å²) in [4.78, 5) is 292. The number of carboxylic acid groups (broad SMARTS) is 4. The molecule has 1 aromatic heterocycles. The summed E-state index contributed by atoms with van der Waals surface area (Å²) in [6.07, 6.45) is -1.75. The zero-order valence-electron chi connectivity index (χ0n) is 69.0. The molecule has 1 saturated heterocycles. The van der Waals surface area contributed by atoms with Crippen LogP contribution in [0.4, 0.5) is 5.69 Å². The number of aliphatic hydroxyl groups excluding tert-OH is 1. The second-order valence-corrected chi connectivity index (χ2v) is 29.6. The van der Waals surface area contributed by atoms with Gasteiger partial charge in [-0.25, -0.2) is 4.79 Å². The zero-order valence-corrected chi connectivity index (χ0v) is 69.0.